The Kier molecular flexibility index (Phi) is 8.29. The van der Waals surface area contributed by atoms with Crippen molar-refractivity contribution in [3.8, 4) is 0 Å². The highest BCUT2D eigenvalue weighted by Gasteiger charge is 2.40. The van der Waals surface area contributed by atoms with E-state index >= 15 is 0 Å². The SMILES string of the molecule is CC(=O)N1CCN(S(=O)(=O)c2ccc(C(C)C)cc2)C(C(=O)NCCc2ccc(C(=O)O)cc2)C1. The smallest absolute Gasteiger partial charge is 0.335 e. The minimum absolute atomic E-state index is 0.0165. The maximum Gasteiger partial charge on any atom is 0.335 e. The van der Waals surface area contributed by atoms with Crippen LogP contribution in [0.3, 0.4) is 0 Å². The number of carbonyl (C=O) groups is 3. The highest BCUT2D eigenvalue weighted by atomic mass is 32.2. The topological polar surface area (TPSA) is 124 Å². The summed E-state index contributed by atoms with van der Waals surface area (Å²) in [5.41, 5.74) is 2.02. The Hall–Kier alpha value is -3.24. The summed E-state index contributed by atoms with van der Waals surface area (Å²) in [5, 5.41) is 11.8. The third-order valence-corrected chi connectivity index (χ3v) is 8.07. The fourth-order valence-electron chi connectivity index (χ4n) is 3.98. The van der Waals surface area contributed by atoms with Crippen LogP contribution in [0, 0.1) is 0 Å². The zero-order valence-corrected chi connectivity index (χ0v) is 20.9. The van der Waals surface area contributed by atoms with Gasteiger partial charge < -0.3 is 15.3 Å². The molecular weight excluding hydrogens is 470 g/mol. The number of amides is 2. The van der Waals surface area contributed by atoms with Crippen LogP contribution in [0.5, 0.6) is 0 Å². The number of nitrogens with zero attached hydrogens (tertiary/aromatic N) is 2. The Morgan fingerprint density at radius 1 is 1.03 bits per heavy atom. The number of hydrogen-bond acceptors (Lipinski definition) is 5. The molecule has 0 bridgehead atoms. The van der Waals surface area contributed by atoms with Gasteiger partial charge in [-0.1, -0.05) is 38.1 Å². The number of piperazine rings is 1. The van der Waals surface area contributed by atoms with Gasteiger partial charge in [-0.3, -0.25) is 9.59 Å². The summed E-state index contributed by atoms with van der Waals surface area (Å²) < 4.78 is 28.0. The number of aromatic carboxylic acids is 1. The molecule has 10 heteroatoms. The van der Waals surface area contributed by atoms with Gasteiger partial charge in [0.05, 0.1) is 10.5 Å². The van der Waals surface area contributed by atoms with Gasteiger partial charge >= 0.3 is 5.97 Å². The Morgan fingerprint density at radius 2 is 1.66 bits per heavy atom. The van der Waals surface area contributed by atoms with Crippen LogP contribution in [0.1, 0.15) is 48.2 Å². The molecule has 0 aliphatic carbocycles. The molecule has 1 aliphatic rings. The van der Waals surface area contributed by atoms with E-state index in [1.54, 1.807) is 36.4 Å². The van der Waals surface area contributed by atoms with Gasteiger partial charge in [-0.25, -0.2) is 13.2 Å². The first-order chi connectivity index (χ1) is 16.5. The lowest BCUT2D eigenvalue weighted by Crippen LogP contribution is -2.61. The number of benzene rings is 2. The van der Waals surface area contributed by atoms with Gasteiger partial charge in [0.15, 0.2) is 0 Å². The molecular formula is C25H31N3O6S. The van der Waals surface area contributed by atoms with Crippen LogP contribution < -0.4 is 5.32 Å². The Bertz CT molecular complexity index is 1180. The van der Waals surface area contributed by atoms with Crippen molar-refractivity contribution < 1.29 is 27.9 Å². The summed E-state index contributed by atoms with van der Waals surface area (Å²) >= 11 is 0. The van der Waals surface area contributed by atoms with Crippen LogP contribution in [-0.4, -0.2) is 72.7 Å². The largest absolute Gasteiger partial charge is 0.478 e. The van der Waals surface area contributed by atoms with Crippen molar-refractivity contribution in [3.63, 3.8) is 0 Å². The number of rotatable bonds is 8. The second kappa shape index (κ2) is 11.0. The summed E-state index contributed by atoms with van der Waals surface area (Å²) in [4.78, 5) is 37.6. The summed E-state index contributed by atoms with van der Waals surface area (Å²) in [6.45, 7) is 5.86. The molecule has 0 radical (unpaired) electrons. The van der Waals surface area contributed by atoms with Gasteiger partial charge in [-0.2, -0.15) is 4.31 Å². The molecule has 1 atom stereocenters. The molecule has 3 rings (SSSR count). The Morgan fingerprint density at radius 3 is 2.20 bits per heavy atom. The van der Waals surface area contributed by atoms with Gasteiger partial charge in [0, 0.05) is 33.1 Å². The van der Waals surface area contributed by atoms with Crippen molar-refractivity contribution in [3.05, 3.63) is 65.2 Å². The van der Waals surface area contributed by atoms with Crippen molar-refractivity contribution in [2.75, 3.05) is 26.2 Å². The zero-order chi connectivity index (χ0) is 25.8. The second-order valence-corrected chi connectivity index (χ2v) is 10.8. The van der Waals surface area contributed by atoms with E-state index in [4.69, 9.17) is 5.11 Å². The molecule has 1 aliphatic heterocycles. The zero-order valence-electron chi connectivity index (χ0n) is 20.1. The van der Waals surface area contributed by atoms with Crippen molar-refractivity contribution in [1.82, 2.24) is 14.5 Å². The van der Waals surface area contributed by atoms with Crippen LogP contribution in [0.2, 0.25) is 0 Å². The standard InChI is InChI=1S/C25H31N3O6S/c1-17(2)20-8-10-22(11-9-20)35(33,34)28-15-14-27(18(3)29)16-23(28)24(30)26-13-12-19-4-6-21(7-5-19)25(31)32/h4-11,17,23H,12-16H2,1-3H3,(H,26,30)(H,31,32). The monoisotopic (exact) mass is 501 g/mol. The maximum absolute atomic E-state index is 13.4. The van der Waals surface area contributed by atoms with Gasteiger partial charge in [-0.05, 0) is 47.7 Å². The molecule has 2 aromatic carbocycles. The first kappa shape index (κ1) is 26.4. The normalized spacial score (nSPS) is 16.8. The predicted octanol–water partition coefficient (Wildman–Crippen LogP) is 2.09. The molecule has 2 N–H and O–H groups in total. The molecule has 0 saturated carbocycles. The number of carbonyl (C=O) groups excluding carboxylic acids is 2. The fourth-order valence-corrected chi connectivity index (χ4v) is 5.55. The van der Waals surface area contributed by atoms with Gasteiger partial charge in [0.2, 0.25) is 21.8 Å². The molecule has 9 nitrogen and oxygen atoms in total. The molecule has 0 spiro atoms. The third kappa shape index (κ3) is 6.26. The number of hydrogen-bond donors (Lipinski definition) is 2. The van der Waals surface area contributed by atoms with Crippen LogP contribution >= 0.6 is 0 Å². The average Bonchev–Trinajstić information content (AvgIpc) is 2.83. The average molecular weight is 502 g/mol. The lowest BCUT2D eigenvalue weighted by molar-refractivity contribution is -0.134. The molecule has 2 aromatic rings. The predicted molar refractivity (Wildman–Crippen MR) is 131 cm³/mol. The first-order valence-corrected chi connectivity index (χ1v) is 12.9. The van der Waals surface area contributed by atoms with Gasteiger partial charge in [0.1, 0.15) is 6.04 Å². The van der Waals surface area contributed by atoms with Gasteiger partial charge in [-0.15, -0.1) is 0 Å². The van der Waals surface area contributed by atoms with Crippen molar-refractivity contribution in [2.45, 2.75) is 44.0 Å². The minimum Gasteiger partial charge on any atom is -0.478 e. The molecule has 35 heavy (non-hydrogen) atoms. The summed E-state index contributed by atoms with van der Waals surface area (Å²) in [5.74, 6) is -1.47. The molecule has 1 saturated heterocycles. The van der Waals surface area contributed by atoms with Crippen molar-refractivity contribution in [1.29, 1.82) is 0 Å². The number of carboxylic acids is 1. The molecule has 1 heterocycles. The lowest BCUT2D eigenvalue weighted by atomic mass is 10.0. The number of carboxylic acid groups (broad SMARTS) is 1. The van der Waals surface area contributed by atoms with Crippen LogP contribution in [-0.2, 0) is 26.0 Å². The Labute approximate surface area is 205 Å². The van der Waals surface area contributed by atoms with Crippen LogP contribution in [0.25, 0.3) is 0 Å². The highest BCUT2D eigenvalue weighted by Crippen LogP contribution is 2.24. The second-order valence-electron chi connectivity index (χ2n) is 8.86. The molecule has 1 fully saturated rings. The lowest BCUT2D eigenvalue weighted by Gasteiger charge is -2.39. The molecule has 2 amide bonds. The molecule has 188 valence electrons. The van der Waals surface area contributed by atoms with E-state index in [2.05, 4.69) is 5.32 Å². The Balaban J connectivity index is 1.74. The molecule has 0 aromatic heterocycles. The van der Waals surface area contributed by atoms with Crippen molar-refractivity contribution in [2.24, 2.45) is 0 Å². The summed E-state index contributed by atoms with van der Waals surface area (Å²) in [6.07, 6.45) is 0.443. The highest BCUT2D eigenvalue weighted by molar-refractivity contribution is 7.89. The van der Waals surface area contributed by atoms with Crippen LogP contribution in [0.4, 0.5) is 0 Å². The quantitative estimate of drug-likeness (QED) is 0.571. The van der Waals surface area contributed by atoms with E-state index in [1.807, 2.05) is 13.8 Å². The van der Waals surface area contributed by atoms with E-state index in [9.17, 15) is 22.8 Å². The van der Waals surface area contributed by atoms with Gasteiger partial charge in [0.25, 0.3) is 0 Å². The number of sulfonamides is 1. The summed E-state index contributed by atoms with van der Waals surface area (Å²) in [6, 6.07) is 11.9. The maximum atomic E-state index is 13.4. The first-order valence-electron chi connectivity index (χ1n) is 11.5. The number of nitrogens with one attached hydrogen (secondary N) is 1. The third-order valence-electron chi connectivity index (χ3n) is 6.15. The minimum atomic E-state index is -3.96. The van der Waals surface area contributed by atoms with E-state index in [-0.39, 0.29) is 48.5 Å². The fraction of sp³-hybridized carbons (Fsp3) is 0.400. The van der Waals surface area contributed by atoms with Crippen LogP contribution in [0.15, 0.2) is 53.4 Å². The summed E-state index contributed by atoms with van der Waals surface area (Å²) in [7, 11) is -3.96. The molecule has 1 unspecified atom stereocenters. The van der Waals surface area contributed by atoms with Crippen molar-refractivity contribution >= 4 is 27.8 Å². The van der Waals surface area contributed by atoms with E-state index in [1.165, 1.54) is 28.3 Å². The van der Waals surface area contributed by atoms with E-state index in [0.717, 1.165) is 11.1 Å². The van der Waals surface area contributed by atoms with E-state index < -0.39 is 27.9 Å². The van der Waals surface area contributed by atoms with E-state index in [0.29, 0.717) is 6.42 Å².